The molecule has 212 valence electrons. The minimum Gasteiger partial charge on any atom is -0.497 e. The fourth-order valence-electron chi connectivity index (χ4n) is 7.04. The van der Waals surface area contributed by atoms with E-state index in [0.29, 0.717) is 22.6 Å². The van der Waals surface area contributed by atoms with E-state index in [1.54, 1.807) is 36.5 Å². The van der Waals surface area contributed by atoms with Crippen LogP contribution in [-0.2, 0) is 10.2 Å². The summed E-state index contributed by atoms with van der Waals surface area (Å²) in [7, 11) is 1.51. The van der Waals surface area contributed by atoms with Gasteiger partial charge in [-0.15, -0.1) is 0 Å². The van der Waals surface area contributed by atoms with E-state index < -0.39 is 34.1 Å². The monoisotopic (exact) mass is 571 g/mol. The topological polar surface area (TPSA) is 119 Å². The normalized spacial score (nSPS) is 22.9. The first kappa shape index (κ1) is 26.3. The highest BCUT2D eigenvalue weighted by Gasteiger charge is 2.70. The quantitative estimate of drug-likeness (QED) is 0.182. The molecule has 9 nitrogen and oxygen atoms in total. The number of hydrogen-bond acceptors (Lipinski definition) is 7. The molecule has 1 fully saturated rings. The zero-order valence-electron chi connectivity index (χ0n) is 23.0. The molecule has 4 aromatic carbocycles. The van der Waals surface area contributed by atoms with Gasteiger partial charge in [-0.05, 0) is 53.1 Å². The van der Waals surface area contributed by atoms with Gasteiger partial charge in [-0.3, -0.25) is 24.5 Å². The van der Waals surface area contributed by atoms with Crippen molar-refractivity contribution >= 4 is 34.9 Å². The van der Waals surface area contributed by atoms with Gasteiger partial charge in [-0.2, -0.15) is 0 Å². The summed E-state index contributed by atoms with van der Waals surface area (Å²) in [5.41, 5.74) is 1.76. The van der Waals surface area contributed by atoms with Crippen LogP contribution in [-0.4, -0.2) is 40.4 Å². The molecule has 0 aromatic heterocycles. The Bertz CT molecular complexity index is 1870. The van der Waals surface area contributed by atoms with Crippen molar-refractivity contribution in [2.75, 3.05) is 12.4 Å². The second-order valence-electron chi connectivity index (χ2n) is 10.9. The molecule has 0 radical (unpaired) electrons. The van der Waals surface area contributed by atoms with E-state index in [9.17, 15) is 24.5 Å². The van der Waals surface area contributed by atoms with E-state index in [4.69, 9.17) is 4.74 Å². The zero-order chi connectivity index (χ0) is 29.9. The minimum atomic E-state index is -1.49. The van der Waals surface area contributed by atoms with Crippen LogP contribution < -0.4 is 10.1 Å². The van der Waals surface area contributed by atoms with Gasteiger partial charge in [-0.25, -0.2) is 0 Å². The molecule has 4 atom stereocenters. The first-order chi connectivity index (χ1) is 20.9. The van der Waals surface area contributed by atoms with Crippen molar-refractivity contribution in [3.8, 4) is 5.75 Å². The Labute approximate surface area is 246 Å². The van der Waals surface area contributed by atoms with Gasteiger partial charge < -0.3 is 15.0 Å². The van der Waals surface area contributed by atoms with E-state index in [0.717, 1.165) is 11.1 Å². The van der Waals surface area contributed by atoms with Crippen molar-refractivity contribution in [1.82, 2.24) is 4.90 Å². The van der Waals surface area contributed by atoms with Crippen LogP contribution in [0.4, 0.5) is 11.4 Å². The lowest BCUT2D eigenvalue weighted by atomic mass is 9.62. The molecule has 9 heteroatoms. The summed E-state index contributed by atoms with van der Waals surface area (Å²) < 4.78 is 5.39. The average Bonchev–Trinajstić information content (AvgIpc) is 3.52. The summed E-state index contributed by atoms with van der Waals surface area (Å²) in [6.07, 6.45) is 3.69. The molecule has 1 amide bonds. The second kappa shape index (κ2) is 9.77. The maximum absolute atomic E-state index is 14.8. The van der Waals surface area contributed by atoms with Gasteiger partial charge in [0.2, 0.25) is 5.91 Å². The Morgan fingerprint density at radius 3 is 2.42 bits per heavy atom. The summed E-state index contributed by atoms with van der Waals surface area (Å²) in [4.78, 5) is 56.6. The fourth-order valence-corrected chi connectivity index (χ4v) is 7.04. The molecule has 43 heavy (non-hydrogen) atoms. The third kappa shape index (κ3) is 3.74. The molecule has 3 aliphatic rings. The number of methoxy groups -OCH3 is 1. The predicted molar refractivity (Wildman–Crippen MR) is 159 cm³/mol. The van der Waals surface area contributed by atoms with Gasteiger partial charge in [0, 0.05) is 35.1 Å². The van der Waals surface area contributed by atoms with E-state index in [2.05, 4.69) is 5.32 Å². The van der Waals surface area contributed by atoms with Gasteiger partial charge in [-0.1, -0.05) is 54.6 Å². The SMILES string of the molecule is COc1cccc(C(=O)[C@@H]2[C@H](C(=O)c3ccc([N+](=O)[O-])cc3)[C@]3(C(=O)Nc4ccccc43)[C@H]3c4ccccc4C=CN23)c1. The molecule has 1 N–H and O–H groups in total. The third-order valence-electron chi connectivity index (χ3n) is 8.84. The number of non-ortho nitro benzene ring substituents is 1. The molecule has 0 aliphatic carbocycles. The van der Waals surface area contributed by atoms with E-state index in [1.807, 2.05) is 53.4 Å². The summed E-state index contributed by atoms with van der Waals surface area (Å²) in [5, 5.41) is 14.4. The maximum Gasteiger partial charge on any atom is 0.269 e. The Morgan fingerprint density at radius 2 is 1.65 bits per heavy atom. The lowest BCUT2D eigenvalue weighted by Crippen LogP contribution is -2.49. The molecule has 0 bridgehead atoms. The van der Waals surface area contributed by atoms with E-state index in [1.165, 1.54) is 31.4 Å². The number of nitro groups is 1. The van der Waals surface area contributed by atoms with Crippen LogP contribution in [0.2, 0.25) is 0 Å². The van der Waals surface area contributed by atoms with Gasteiger partial charge >= 0.3 is 0 Å². The molecular weight excluding hydrogens is 546 g/mol. The number of para-hydroxylation sites is 1. The number of nitrogens with one attached hydrogen (secondary N) is 1. The summed E-state index contributed by atoms with van der Waals surface area (Å²) >= 11 is 0. The van der Waals surface area contributed by atoms with Crippen LogP contribution in [0.5, 0.6) is 5.75 Å². The van der Waals surface area contributed by atoms with Crippen LogP contribution in [0.15, 0.2) is 103 Å². The molecule has 0 saturated carbocycles. The summed E-state index contributed by atoms with van der Waals surface area (Å²) in [6, 6.07) is 25.2. The van der Waals surface area contributed by atoms with Crippen molar-refractivity contribution in [3.63, 3.8) is 0 Å². The molecule has 7 rings (SSSR count). The van der Waals surface area contributed by atoms with Gasteiger partial charge in [0.1, 0.15) is 17.2 Å². The lowest BCUT2D eigenvalue weighted by molar-refractivity contribution is -0.384. The van der Waals surface area contributed by atoms with Crippen molar-refractivity contribution in [2.24, 2.45) is 5.92 Å². The number of carbonyl (C=O) groups excluding carboxylic acids is 3. The van der Waals surface area contributed by atoms with Crippen molar-refractivity contribution in [3.05, 3.63) is 141 Å². The van der Waals surface area contributed by atoms with Crippen molar-refractivity contribution in [2.45, 2.75) is 17.5 Å². The number of Topliss-reactive ketones (excluding diaryl/α,β-unsaturated/α-hetero) is 2. The molecule has 4 aromatic rings. The van der Waals surface area contributed by atoms with Gasteiger partial charge in [0.15, 0.2) is 11.6 Å². The number of anilines is 1. The molecule has 3 aliphatic heterocycles. The largest absolute Gasteiger partial charge is 0.497 e. The number of carbonyl (C=O) groups is 3. The van der Waals surface area contributed by atoms with Crippen LogP contribution in [0.25, 0.3) is 6.08 Å². The lowest BCUT2D eigenvalue weighted by Gasteiger charge is -2.38. The number of hydrogen-bond donors (Lipinski definition) is 1. The Hall–Kier alpha value is -5.57. The van der Waals surface area contributed by atoms with E-state index in [-0.39, 0.29) is 22.9 Å². The van der Waals surface area contributed by atoms with Crippen LogP contribution in [0, 0.1) is 16.0 Å². The van der Waals surface area contributed by atoms with Crippen LogP contribution in [0.1, 0.15) is 43.4 Å². The first-order valence-electron chi connectivity index (χ1n) is 13.8. The average molecular weight is 572 g/mol. The molecule has 1 saturated heterocycles. The maximum atomic E-state index is 14.8. The number of fused-ring (bicyclic) bond motifs is 6. The number of nitrogens with zero attached hydrogens (tertiary/aromatic N) is 2. The predicted octanol–water partition coefficient (Wildman–Crippen LogP) is 5.59. The Kier molecular flexibility index (Phi) is 5.98. The summed E-state index contributed by atoms with van der Waals surface area (Å²) in [5.74, 6) is -1.88. The van der Waals surface area contributed by atoms with Gasteiger partial charge in [0.25, 0.3) is 5.69 Å². The summed E-state index contributed by atoms with van der Waals surface area (Å²) in [6.45, 7) is 0. The van der Waals surface area contributed by atoms with Crippen LogP contribution in [0.3, 0.4) is 0 Å². The highest BCUT2D eigenvalue weighted by atomic mass is 16.6. The van der Waals surface area contributed by atoms with Crippen molar-refractivity contribution in [1.29, 1.82) is 0 Å². The number of nitro benzene ring substituents is 1. The number of rotatable bonds is 6. The standard InChI is InChI=1S/C34H25N3O6/c1-43-24-9-6-8-22(19-24)31(39)29-28(30(38)21-13-15-23(16-14-21)37(41)42)34(26-11-4-5-12-27(26)35-33(34)40)32-25-10-3-2-7-20(25)17-18-36(29)32/h2-19,28-29,32H,1H3,(H,35,40)/t28-,29+,32-,34+/m1/s1. The smallest absolute Gasteiger partial charge is 0.269 e. The number of ketones is 2. The van der Waals surface area contributed by atoms with E-state index >= 15 is 0 Å². The second-order valence-corrected chi connectivity index (χ2v) is 10.9. The number of ether oxygens (including phenoxy) is 1. The third-order valence-corrected chi connectivity index (χ3v) is 8.84. The highest BCUT2D eigenvalue weighted by molar-refractivity contribution is 6.16. The van der Waals surface area contributed by atoms with Crippen molar-refractivity contribution < 1.29 is 24.0 Å². The zero-order valence-corrected chi connectivity index (χ0v) is 23.0. The number of amides is 1. The Morgan fingerprint density at radius 1 is 0.907 bits per heavy atom. The first-order valence-corrected chi connectivity index (χ1v) is 13.8. The Balaban J connectivity index is 1.51. The molecular formula is C34H25N3O6. The molecule has 3 heterocycles. The molecule has 0 unspecified atom stereocenters. The highest BCUT2D eigenvalue weighted by Crippen LogP contribution is 2.62. The minimum absolute atomic E-state index is 0.167. The number of benzene rings is 4. The molecule has 1 spiro atoms. The van der Waals surface area contributed by atoms with Crippen LogP contribution >= 0.6 is 0 Å². The fraction of sp³-hybridized carbons (Fsp3) is 0.147. The van der Waals surface area contributed by atoms with Gasteiger partial charge in [0.05, 0.1) is 24.0 Å².